The molecule has 6 nitrogen and oxygen atoms in total. The minimum absolute atomic E-state index is 0.0687. The highest BCUT2D eigenvalue weighted by Crippen LogP contribution is 2.19. The van der Waals surface area contributed by atoms with Gasteiger partial charge in [-0.1, -0.05) is 353 Å². The Balaban J connectivity index is 4.13. The maximum Gasteiger partial charge on any atom is 0.306 e. The predicted octanol–water partition coefficient (Wildman–Crippen LogP) is 25.0. The molecule has 0 bridgehead atoms. The molecule has 0 aliphatic heterocycles. The molecular weight excluding hydrogens is 985 g/mol. The Bertz CT molecular complexity index is 1290. The maximum atomic E-state index is 12.9. The molecule has 0 fully saturated rings. The molecule has 1 unspecified atom stereocenters. The van der Waals surface area contributed by atoms with Crippen molar-refractivity contribution in [1.29, 1.82) is 0 Å². The third-order valence-electron chi connectivity index (χ3n) is 16.7. The molecule has 0 saturated heterocycles. The van der Waals surface area contributed by atoms with Crippen LogP contribution >= 0.6 is 0 Å². The molecule has 6 heteroatoms. The van der Waals surface area contributed by atoms with E-state index in [0.717, 1.165) is 64.2 Å². The summed E-state index contributed by atoms with van der Waals surface area (Å²) in [6.45, 7) is 6.68. The summed E-state index contributed by atoms with van der Waals surface area (Å²) in [5.74, 6) is -0.850. The van der Waals surface area contributed by atoms with Gasteiger partial charge in [0.05, 0.1) is 0 Å². The van der Waals surface area contributed by atoms with E-state index in [0.29, 0.717) is 19.3 Å². The highest BCUT2D eigenvalue weighted by atomic mass is 16.6. The van der Waals surface area contributed by atoms with Crippen molar-refractivity contribution in [3.8, 4) is 0 Å². The second-order valence-corrected chi connectivity index (χ2v) is 24.9. The van der Waals surface area contributed by atoms with E-state index in [9.17, 15) is 14.4 Å². The third kappa shape index (κ3) is 66.7. The first-order valence-corrected chi connectivity index (χ1v) is 36.3. The zero-order valence-corrected chi connectivity index (χ0v) is 54.4. The lowest BCUT2D eigenvalue weighted by molar-refractivity contribution is -0.167. The van der Waals surface area contributed by atoms with Crippen molar-refractivity contribution in [1.82, 2.24) is 0 Å². The first-order valence-electron chi connectivity index (χ1n) is 36.3. The van der Waals surface area contributed by atoms with Gasteiger partial charge in [0.2, 0.25) is 0 Å². The number of carbonyl (C=O) groups excluding carboxylic acids is 3. The van der Waals surface area contributed by atoms with Gasteiger partial charge < -0.3 is 14.2 Å². The topological polar surface area (TPSA) is 78.9 Å². The molecule has 0 aromatic carbocycles. The fourth-order valence-electron chi connectivity index (χ4n) is 11.2. The maximum absolute atomic E-state index is 12.9. The number of hydrogen-bond donors (Lipinski definition) is 0. The molecule has 0 radical (unpaired) electrons. The van der Waals surface area contributed by atoms with Crippen LogP contribution in [0.4, 0.5) is 0 Å². The fourth-order valence-corrected chi connectivity index (χ4v) is 11.2. The molecule has 0 amide bonds. The lowest BCUT2D eigenvalue weighted by Gasteiger charge is -2.18. The van der Waals surface area contributed by atoms with Crippen molar-refractivity contribution in [3.63, 3.8) is 0 Å². The van der Waals surface area contributed by atoms with Crippen LogP contribution in [0.25, 0.3) is 0 Å². The molecule has 0 saturated carbocycles. The van der Waals surface area contributed by atoms with E-state index in [1.54, 1.807) is 0 Å². The van der Waals surface area contributed by atoms with Gasteiger partial charge in [0.25, 0.3) is 0 Å². The summed E-state index contributed by atoms with van der Waals surface area (Å²) < 4.78 is 17.0. The molecule has 0 aromatic rings. The van der Waals surface area contributed by atoms with Crippen molar-refractivity contribution >= 4 is 17.9 Å². The van der Waals surface area contributed by atoms with Crippen LogP contribution in [-0.4, -0.2) is 37.2 Å². The summed E-state index contributed by atoms with van der Waals surface area (Å²) in [5, 5.41) is 0. The molecule has 0 aliphatic rings. The van der Waals surface area contributed by atoms with Gasteiger partial charge in [-0.2, -0.15) is 0 Å². The summed E-state index contributed by atoms with van der Waals surface area (Å²) in [6, 6.07) is 0. The van der Waals surface area contributed by atoms with E-state index >= 15 is 0 Å². The van der Waals surface area contributed by atoms with E-state index in [1.165, 1.54) is 308 Å². The Labute approximate surface area is 500 Å². The summed E-state index contributed by atoms with van der Waals surface area (Å²) in [6.07, 6.45) is 85.2. The summed E-state index contributed by atoms with van der Waals surface area (Å²) in [5.41, 5.74) is 0. The number of hydrogen-bond acceptors (Lipinski definition) is 6. The van der Waals surface area contributed by atoms with Gasteiger partial charge in [-0.15, -0.1) is 0 Å². The Morgan fingerprint density at radius 2 is 0.425 bits per heavy atom. The standard InChI is InChI=1S/C74H140O6/c1-4-7-10-13-16-19-22-24-26-28-30-32-34-35-36-37-38-40-41-43-45-47-49-52-55-58-61-64-67-73(76)79-70-71(69-78-72(75)66-63-60-57-54-51-21-18-15-12-9-6-3)80-74(77)68-65-62-59-56-53-50-48-46-44-42-39-33-31-29-27-25-23-20-17-14-11-8-5-2/h15,18,29,31,71H,4-14,16-17,19-28,30,32-70H2,1-3H3/b18-15-,31-29-. The van der Waals surface area contributed by atoms with E-state index in [1.807, 2.05) is 0 Å². The van der Waals surface area contributed by atoms with Gasteiger partial charge in [0, 0.05) is 19.3 Å². The summed E-state index contributed by atoms with van der Waals surface area (Å²) >= 11 is 0. The highest BCUT2D eigenvalue weighted by molar-refractivity contribution is 5.71. The molecule has 0 aliphatic carbocycles. The van der Waals surface area contributed by atoms with Gasteiger partial charge in [0.15, 0.2) is 6.10 Å². The average molecular weight is 1130 g/mol. The molecule has 0 aromatic heterocycles. The molecule has 0 heterocycles. The predicted molar refractivity (Wildman–Crippen MR) is 349 cm³/mol. The van der Waals surface area contributed by atoms with Crippen LogP contribution in [0.1, 0.15) is 412 Å². The lowest BCUT2D eigenvalue weighted by atomic mass is 10.0. The van der Waals surface area contributed by atoms with Crippen LogP contribution in [0.15, 0.2) is 24.3 Å². The zero-order chi connectivity index (χ0) is 57.8. The highest BCUT2D eigenvalue weighted by Gasteiger charge is 2.19. The molecule has 80 heavy (non-hydrogen) atoms. The normalized spacial score (nSPS) is 12.1. The first-order chi connectivity index (χ1) is 39.5. The van der Waals surface area contributed by atoms with Crippen LogP contribution in [0.2, 0.25) is 0 Å². The number of allylic oxidation sites excluding steroid dienone is 4. The molecular formula is C74H140O6. The second-order valence-electron chi connectivity index (χ2n) is 24.9. The monoisotopic (exact) mass is 1130 g/mol. The number of esters is 3. The van der Waals surface area contributed by atoms with Crippen molar-refractivity contribution in [2.75, 3.05) is 13.2 Å². The summed E-state index contributed by atoms with van der Waals surface area (Å²) in [7, 11) is 0. The van der Waals surface area contributed by atoms with Crippen molar-refractivity contribution in [2.45, 2.75) is 419 Å². The van der Waals surface area contributed by atoms with Crippen LogP contribution in [0, 0.1) is 0 Å². The van der Waals surface area contributed by atoms with E-state index in [4.69, 9.17) is 14.2 Å². The van der Waals surface area contributed by atoms with E-state index in [2.05, 4.69) is 45.1 Å². The molecule has 1 atom stereocenters. The van der Waals surface area contributed by atoms with Crippen molar-refractivity contribution < 1.29 is 28.6 Å². The minimum atomic E-state index is -0.773. The summed E-state index contributed by atoms with van der Waals surface area (Å²) in [4.78, 5) is 38.4. The number of carbonyl (C=O) groups is 3. The number of unbranched alkanes of at least 4 members (excludes halogenated alkanes) is 53. The fraction of sp³-hybridized carbons (Fsp3) is 0.905. The molecule has 0 rings (SSSR count). The molecule has 0 N–H and O–H groups in total. The smallest absolute Gasteiger partial charge is 0.306 e. The second kappa shape index (κ2) is 69.4. The zero-order valence-electron chi connectivity index (χ0n) is 54.4. The SMILES string of the molecule is CCCC/C=C\CCCCCCCC(=O)OCC(COC(=O)CCCCCCCCCCCCCCCCCCCCCCCCCCCCCC)OC(=O)CCCCCCCCCCCCC/C=C\CCCCCCCCCC. The first kappa shape index (κ1) is 77.9. The van der Waals surface area contributed by atoms with Gasteiger partial charge in [0.1, 0.15) is 13.2 Å². The Hall–Kier alpha value is -2.11. The average Bonchev–Trinajstić information content (AvgIpc) is 3.46. The molecule has 0 spiro atoms. The van der Waals surface area contributed by atoms with Crippen LogP contribution in [0.3, 0.4) is 0 Å². The van der Waals surface area contributed by atoms with Crippen LogP contribution in [-0.2, 0) is 28.6 Å². The number of rotatable bonds is 68. The largest absolute Gasteiger partial charge is 0.462 e. The van der Waals surface area contributed by atoms with E-state index < -0.39 is 6.10 Å². The van der Waals surface area contributed by atoms with Gasteiger partial charge >= 0.3 is 17.9 Å². The minimum Gasteiger partial charge on any atom is -0.462 e. The van der Waals surface area contributed by atoms with Gasteiger partial charge in [-0.3, -0.25) is 14.4 Å². The quantitative estimate of drug-likeness (QED) is 0.0261. The third-order valence-corrected chi connectivity index (χ3v) is 16.7. The van der Waals surface area contributed by atoms with Gasteiger partial charge in [-0.05, 0) is 64.2 Å². The van der Waals surface area contributed by atoms with Crippen LogP contribution < -0.4 is 0 Å². The van der Waals surface area contributed by atoms with Gasteiger partial charge in [-0.25, -0.2) is 0 Å². The van der Waals surface area contributed by atoms with E-state index in [-0.39, 0.29) is 31.1 Å². The van der Waals surface area contributed by atoms with Crippen molar-refractivity contribution in [3.05, 3.63) is 24.3 Å². The Kier molecular flexibility index (Phi) is 67.6. The van der Waals surface area contributed by atoms with Crippen molar-refractivity contribution in [2.24, 2.45) is 0 Å². The Morgan fingerprint density at radius 3 is 0.662 bits per heavy atom. The molecule has 472 valence electrons. The number of ether oxygens (including phenoxy) is 3. The van der Waals surface area contributed by atoms with Crippen LogP contribution in [0.5, 0.6) is 0 Å². The lowest BCUT2D eigenvalue weighted by Crippen LogP contribution is -2.30. The Morgan fingerprint density at radius 1 is 0.237 bits per heavy atom.